The lowest BCUT2D eigenvalue weighted by molar-refractivity contribution is 0.352. The number of nitrogens with one attached hydrogen (secondary N) is 1. The zero-order chi connectivity index (χ0) is 20.1. The molecule has 1 aliphatic rings. The van der Waals surface area contributed by atoms with Crippen molar-refractivity contribution in [1.82, 2.24) is 4.90 Å². The van der Waals surface area contributed by atoms with E-state index >= 15 is 0 Å². The van der Waals surface area contributed by atoms with Crippen molar-refractivity contribution in [3.05, 3.63) is 53.1 Å². The summed E-state index contributed by atoms with van der Waals surface area (Å²) in [6.07, 6.45) is 5.03. The quantitative estimate of drug-likeness (QED) is 0.700. The number of benzene rings is 2. The standard InChI is InChI=1S/C22H30N2O3S.ClH/c1-4-5-6-17-7-9-20(10-8-17)28(25,26)23-21-15-18-11-13-24(2)14-12-19(18)16-22(21)27-3;/h7-10,15-16,23H,4-6,11-14H2,1-3H3;1H. The average molecular weight is 439 g/mol. The maximum Gasteiger partial charge on any atom is 0.262 e. The Balaban J connectivity index is 0.00000300. The van der Waals surface area contributed by atoms with Crippen LogP contribution in [0.1, 0.15) is 36.5 Å². The van der Waals surface area contributed by atoms with E-state index in [-0.39, 0.29) is 17.3 Å². The molecule has 5 nitrogen and oxygen atoms in total. The molecule has 0 fully saturated rings. The number of ether oxygens (including phenoxy) is 1. The Morgan fingerprint density at radius 1 is 1.07 bits per heavy atom. The molecule has 2 aromatic carbocycles. The van der Waals surface area contributed by atoms with Crippen LogP contribution in [0.3, 0.4) is 0 Å². The number of aryl methyl sites for hydroxylation is 1. The topological polar surface area (TPSA) is 58.6 Å². The van der Waals surface area contributed by atoms with Gasteiger partial charge >= 0.3 is 0 Å². The van der Waals surface area contributed by atoms with E-state index in [0.717, 1.165) is 50.8 Å². The van der Waals surface area contributed by atoms with Crippen LogP contribution in [-0.4, -0.2) is 40.6 Å². The summed E-state index contributed by atoms with van der Waals surface area (Å²) in [6.45, 7) is 4.10. The van der Waals surface area contributed by atoms with E-state index < -0.39 is 10.0 Å². The average Bonchev–Trinajstić information content (AvgIpc) is 2.87. The maximum atomic E-state index is 12.9. The van der Waals surface area contributed by atoms with Gasteiger partial charge in [-0.3, -0.25) is 4.72 Å². The Kier molecular flexibility index (Phi) is 8.37. The number of hydrogen-bond acceptors (Lipinski definition) is 4. The zero-order valence-electron chi connectivity index (χ0n) is 17.4. The van der Waals surface area contributed by atoms with Crippen molar-refractivity contribution < 1.29 is 13.2 Å². The lowest BCUT2D eigenvalue weighted by atomic mass is 10.0. The Morgan fingerprint density at radius 2 is 1.69 bits per heavy atom. The molecule has 0 radical (unpaired) electrons. The third-order valence-corrected chi connectivity index (χ3v) is 6.73. The molecule has 0 aromatic heterocycles. The van der Waals surface area contributed by atoms with Gasteiger partial charge in [-0.2, -0.15) is 0 Å². The summed E-state index contributed by atoms with van der Waals surface area (Å²) < 4.78 is 34.0. The minimum absolute atomic E-state index is 0. The molecule has 2 aromatic rings. The Morgan fingerprint density at radius 3 is 2.28 bits per heavy atom. The van der Waals surface area contributed by atoms with Crippen molar-refractivity contribution in [2.24, 2.45) is 0 Å². The molecule has 7 heteroatoms. The number of halogens is 1. The molecule has 160 valence electrons. The van der Waals surface area contributed by atoms with Crippen LogP contribution in [0, 0.1) is 0 Å². The van der Waals surface area contributed by atoms with Crippen molar-refractivity contribution in [1.29, 1.82) is 0 Å². The maximum absolute atomic E-state index is 12.9. The largest absolute Gasteiger partial charge is 0.495 e. The minimum atomic E-state index is -3.67. The van der Waals surface area contributed by atoms with Crippen molar-refractivity contribution >= 4 is 28.1 Å². The summed E-state index contributed by atoms with van der Waals surface area (Å²) in [4.78, 5) is 2.56. The van der Waals surface area contributed by atoms with Crippen LogP contribution >= 0.6 is 12.4 Å². The van der Waals surface area contributed by atoms with Crippen molar-refractivity contribution in [3.63, 3.8) is 0 Å². The van der Waals surface area contributed by atoms with Gasteiger partial charge in [0.1, 0.15) is 5.75 Å². The van der Waals surface area contributed by atoms with Gasteiger partial charge in [-0.05, 0) is 73.7 Å². The van der Waals surface area contributed by atoms with Gasteiger partial charge in [0.05, 0.1) is 17.7 Å². The van der Waals surface area contributed by atoms with Crippen LogP contribution in [-0.2, 0) is 29.3 Å². The highest BCUT2D eigenvalue weighted by atomic mass is 35.5. The van der Waals surface area contributed by atoms with E-state index in [9.17, 15) is 8.42 Å². The number of hydrogen-bond donors (Lipinski definition) is 1. The highest BCUT2D eigenvalue weighted by Crippen LogP contribution is 2.32. The first-order chi connectivity index (χ1) is 13.4. The van der Waals surface area contributed by atoms with Gasteiger partial charge in [-0.1, -0.05) is 25.5 Å². The van der Waals surface area contributed by atoms with Crippen LogP contribution in [0.4, 0.5) is 5.69 Å². The molecule has 0 bridgehead atoms. The molecule has 0 unspecified atom stereocenters. The lowest BCUT2D eigenvalue weighted by Crippen LogP contribution is -2.20. The number of sulfonamides is 1. The van der Waals surface area contributed by atoms with Gasteiger partial charge < -0.3 is 9.64 Å². The SMILES string of the molecule is CCCCc1ccc(S(=O)(=O)Nc2cc3c(cc2OC)CCN(C)CC3)cc1.Cl. The van der Waals surface area contributed by atoms with Crippen LogP contribution in [0.2, 0.25) is 0 Å². The third-order valence-electron chi connectivity index (χ3n) is 5.34. The Bertz CT molecular complexity index is 914. The van der Waals surface area contributed by atoms with Gasteiger partial charge in [0.2, 0.25) is 0 Å². The predicted molar refractivity (Wildman–Crippen MR) is 121 cm³/mol. The monoisotopic (exact) mass is 438 g/mol. The number of methoxy groups -OCH3 is 1. The summed E-state index contributed by atoms with van der Waals surface area (Å²) >= 11 is 0. The van der Waals surface area contributed by atoms with E-state index in [1.807, 2.05) is 24.3 Å². The summed E-state index contributed by atoms with van der Waals surface area (Å²) in [6, 6.07) is 11.1. The fraction of sp³-hybridized carbons (Fsp3) is 0.455. The van der Waals surface area contributed by atoms with E-state index in [4.69, 9.17) is 4.74 Å². The van der Waals surface area contributed by atoms with E-state index in [1.54, 1.807) is 19.2 Å². The Labute approximate surface area is 180 Å². The molecule has 0 atom stereocenters. The van der Waals surface area contributed by atoms with Gasteiger partial charge in [-0.25, -0.2) is 8.42 Å². The van der Waals surface area contributed by atoms with E-state index in [0.29, 0.717) is 11.4 Å². The minimum Gasteiger partial charge on any atom is -0.495 e. The van der Waals surface area contributed by atoms with Gasteiger partial charge in [0.25, 0.3) is 10.0 Å². The molecule has 1 aliphatic heterocycles. The highest BCUT2D eigenvalue weighted by Gasteiger charge is 2.20. The fourth-order valence-corrected chi connectivity index (χ4v) is 4.60. The second-order valence-electron chi connectivity index (χ2n) is 7.48. The highest BCUT2D eigenvalue weighted by molar-refractivity contribution is 7.92. The summed E-state index contributed by atoms with van der Waals surface area (Å²) in [7, 11) is 0.0123. The first kappa shape index (κ1) is 23.5. The molecule has 29 heavy (non-hydrogen) atoms. The summed E-state index contributed by atoms with van der Waals surface area (Å²) in [5, 5.41) is 0. The molecule has 0 saturated carbocycles. The zero-order valence-corrected chi connectivity index (χ0v) is 19.0. The van der Waals surface area contributed by atoms with Crippen molar-refractivity contribution in [2.75, 3.05) is 32.0 Å². The smallest absolute Gasteiger partial charge is 0.262 e. The van der Waals surface area contributed by atoms with Gasteiger partial charge in [0.15, 0.2) is 0 Å². The second kappa shape index (κ2) is 10.3. The van der Waals surface area contributed by atoms with Gasteiger partial charge in [-0.15, -0.1) is 12.4 Å². The molecule has 3 rings (SSSR count). The number of rotatable bonds is 7. The number of likely N-dealkylation sites (N-methyl/N-ethyl adjacent to an activating group) is 1. The van der Waals surface area contributed by atoms with Gasteiger partial charge in [0, 0.05) is 13.1 Å². The Hall–Kier alpha value is -1.76. The number of fused-ring (bicyclic) bond motifs is 1. The lowest BCUT2D eigenvalue weighted by Gasteiger charge is -2.16. The first-order valence-electron chi connectivity index (χ1n) is 9.93. The molecular formula is C22H31ClN2O3S. The molecular weight excluding hydrogens is 408 g/mol. The molecule has 1 heterocycles. The summed E-state index contributed by atoms with van der Waals surface area (Å²) in [5.41, 5.74) is 4.07. The fourth-order valence-electron chi connectivity index (χ4n) is 3.54. The third kappa shape index (κ3) is 5.87. The van der Waals surface area contributed by atoms with Crippen LogP contribution in [0.5, 0.6) is 5.75 Å². The second-order valence-corrected chi connectivity index (χ2v) is 9.16. The molecule has 1 N–H and O–H groups in total. The molecule has 0 spiro atoms. The van der Waals surface area contributed by atoms with E-state index in [1.165, 1.54) is 11.1 Å². The molecule has 0 saturated heterocycles. The predicted octanol–water partition coefficient (Wildman–Crippen LogP) is 4.29. The van der Waals surface area contributed by atoms with Crippen LogP contribution < -0.4 is 9.46 Å². The van der Waals surface area contributed by atoms with Crippen molar-refractivity contribution in [2.45, 2.75) is 43.9 Å². The number of anilines is 1. The normalized spacial score (nSPS) is 14.4. The van der Waals surface area contributed by atoms with Crippen molar-refractivity contribution in [3.8, 4) is 5.75 Å². The van der Waals surface area contributed by atoms with Crippen LogP contribution in [0.25, 0.3) is 0 Å². The summed E-state index contributed by atoms with van der Waals surface area (Å²) in [5.74, 6) is 0.562. The number of unbranched alkanes of at least 4 members (excludes halogenated alkanes) is 1. The van der Waals surface area contributed by atoms with Crippen LogP contribution in [0.15, 0.2) is 41.3 Å². The molecule has 0 aliphatic carbocycles. The number of nitrogens with zero attached hydrogens (tertiary/aromatic N) is 1. The first-order valence-corrected chi connectivity index (χ1v) is 11.4. The molecule has 0 amide bonds. The van der Waals surface area contributed by atoms with E-state index in [2.05, 4.69) is 23.6 Å².